The predicted octanol–water partition coefficient (Wildman–Crippen LogP) is 5.28. The summed E-state index contributed by atoms with van der Waals surface area (Å²) in [6.45, 7) is 2.78. The highest BCUT2D eigenvalue weighted by molar-refractivity contribution is 6.35. The van der Waals surface area contributed by atoms with Crippen molar-refractivity contribution in [3.8, 4) is 11.3 Å². The van der Waals surface area contributed by atoms with E-state index in [1.807, 2.05) is 30.6 Å². The second kappa shape index (κ2) is 7.43. The Kier molecular flexibility index (Phi) is 4.79. The van der Waals surface area contributed by atoms with Crippen LogP contribution in [0.15, 0.2) is 42.7 Å². The fourth-order valence-corrected chi connectivity index (χ4v) is 4.24. The van der Waals surface area contributed by atoms with Crippen LogP contribution in [-0.2, 0) is 19.5 Å². The van der Waals surface area contributed by atoms with Crippen LogP contribution in [0.2, 0.25) is 10.0 Å². The van der Waals surface area contributed by atoms with Gasteiger partial charge in [0.05, 0.1) is 5.69 Å². The lowest BCUT2D eigenvalue weighted by Crippen LogP contribution is -2.31. The molecular formula is C22H20Cl2N4. The number of aromatic nitrogens is 3. The summed E-state index contributed by atoms with van der Waals surface area (Å²) in [7, 11) is 0. The van der Waals surface area contributed by atoms with E-state index in [-0.39, 0.29) is 0 Å². The topological polar surface area (TPSA) is 41.9 Å². The second-order valence-corrected chi connectivity index (χ2v) is 8.52. The molecule has 1 saturated carbocycles. The van der Waals surface area contributed by atoms with Gasteiger partial charge >= 0.3 is 0 Å². The zero-order valence-electron chi connectivity index (χ0n) is 15.4. The number of benzene rings is 1. The van der Waals surface area contributed by atoms with E-state index >= 15 is 0 Å². The number of pyridine rings is 1. The monoisotopic (exact) mass is 410 g/mol. The van der Waals surface area contributed by atoms with Crippen LogP contribution in [-0.4, -0.2) is 26.4 Å². The van der Waals surface area contributed by atoms with Gasteiger partial charge in [0, 0.05) is 71.2 Å². The smallest absolute Gasteiger partial charge is 0.131 e. The molecule has 0 bridgehead atoms. The fourth-order valence-electron chi connectivity index (χ4n) is 3.71. The summed E-state index contributed by atoms with van der Waals surface area (Å²) >= 11 is 12.2. The maximum atomic E-state index is 6.10. The predicted molar refractivity (Wildman–Crippen MR) is 112 cm³/mol. The zero-order valence-corrected chi connectivity index (χ0v) is 16.9. The molecule has 2 aromatic heterocycles. The Bertz CT molecular complexity index is 995. The molecule has 28 heavy (non-hydrogen) atoms. The molecule has 2 aliphatic rings. The first kappa shape index (κ1) is 18.0. The van der Waals surface area contributed by atoms with Crippen LogP contribution < -0.4 is 0 Å². The molecule has 0 atom stereocenters. The van der Waals surface area contributed by atoms with E-state index < -0.39 is 0 Å². The number of hydrogen-bond donors (Lipinski definition) is 0. The summed E-state index contributed by atoms with van der Waals surface area (Å²) in [5.41, 5.74) is 5.49. The van der Waals surface area contributed by atoms with Crippen molar-refractivity contribution >= 4 is 23.2 Å². The molecule has 1 aliphatic heterocycles. The molecule has 3 heterocycles. The van der Waals surface area contributed by atoms with E-state index in [4.69, 9.17) is 28.2 Å². The number of halogens is 2. The van der Waals surface area contributed by atoms with E-state index in [0.717, 1.165) is 43.1 Å². The van der Waals surface area contributed by atoms with Crippen LogP contribution in [0.25, 0.3) is 11.3 Å². The lowest BCUT2D eigenvalue weighted by Gasteiger charge is -2.28. The zero-order chi connectivity index (χ0) is 19.1. The molecule has 0 saturated heterocycles. The molecular weight excluding hydrogens is 391 g/mol. The molecule has 0 spiro atoms. The highest BCUT2D eigenvalue weighted by atomic mass is 35.5. The minimum Gasteiger partial charge on any atom is -0.294 e. The Balaban J connectivity index is 1.27. The SMILES string of the molecule is Clc1cc(Cl)cc(-c2ccc(CN3CCc4nc(C5CC5)ncc4C3)cn2)c1. The van der Waals surface area contributed by atoms with Crippen LogP contribution in [0.4, 0.5) is 0 Å². The third kappa shape index (κ3) is 3.90. The maximum Gasteiger partial charge on any atom is 0.131 e. The Labute approximate surface area is 174 Å². The van der Waals surface area contributed by atoms with Crippen molar-refractivity contribution < 1.29 is 0 Å². The van der Waals surface area contributed by atoms with Gasteiger partial charge < -0.3 is 0 Å². The van der Waals surface area contributed by atoms with Crippen LogP contribution >= 0.6 is 23.2 Å². The van der Waals surface area contributed by atoms with Crippen LogP contribution in [0.5, 0.6) is 0 Å². The van der Waals surface area contributed by atoms with Crippen LogP contribution in [0, 0.1) is 0 Å². The Hall–Kier alpha value is -2.01. The molecule has 0 radical (unpaired) electrons. The fraction of sp³-hybridized carbons (Fsp3) is 0.318. The molecule has 3 aromatic rings. The highest BCUT2D eigenvalue weighted by Crippen LogP contribution is 2.38. The normalized spacial score (nSPS) is 16.8. The van der Waals surface area contributed by atoms with Crippen molar-refractivity contribution in [3.63, 3.8) is 0 Å². The van der Waals surface area contributed by atoms with Crippen molar-refractivity contribution in [2.75, 3.05) is 6.54 Å². The first-order valence-electron chi connectivity index (χ1n) is 9.62. The Morgan fingerprint density at radius 2 is 1.82 bits per heavy atom. The van der Waals surface area contributed by atoms with Gasteiger partial charge in [-0.3, -0.25) is 9.88 Å². The number of fused-ring (bicyclic) bond motifs is 1. The Morgan fingerprint density at radius 3 is 2.54 bits per heavy atom. The van der Waals surface area contributed by atoms with Crippen LogP contribution in [0.1, 0.15) is 41.4 Å². The van der Waals surface area contributed by atoms with Crippen molar-refractivity contribution in [2.24, 2.45) is 0 Å². The van der Waals surface area contributed by atoms with Gasteiger partial charge in [0.15, 0.2) is 0 Å². The minimum atomic E-state index is 0.613. The molecule has 4 nitrogen and oxygen atoms in total. The van der Waals surface area contributed by atoms with E-state index in [1.165, 1.54) is 29.7 Å². The summed E-state index contributed by atoms with van der Waals surface area (Å²) in [6, 6.07) is 9.64. The average Bonchev–Trinajstić information content (AvgIpc) is 3.53. The first-order valence-corrected chi connectivity index (χ1v) is 10.4. The molecule has 0 amide bonds. The number of rotatable bonds is 4. The van der Waals surface area contributed by atoms with E-state index in [0.29, 0.717) is 16.0 Å². The van der Waals surface area contributed by atoms with Gasteiger partial charge in [-0.25, -0.2) is 9.97 Å². The maximum absolute atomic E-state index is 6.10. The van der Waals surface area contributed by atoms with Crippen molar-refractivity contribution in [1.29, 1.82) is 0 Å². The van der Waals surface area contributed by atoms with Crippen LogP contribution in [0.3, 0.4) is 0 Å². The quantitative estimate of drug-likeness (QED) is 0.586. The summed E-state index contributed by atoms with van der Waals surface area (Å²) < 4.78 is 0. The molecule has 1 aliphatic carbocycles. The number of nitrogens with zero attached hydrogens (tertiary/aromatic N) is 4. The van der Waals surface area contributed by atoms with E-state index in [9.17, 15) is 0 Å². The van der Waals surface area contributed by atoms with Gasteiger partial charge in [0.1, 0.15) is 5.82 Å². The molecule has 1 aromatic carbocycles. The Morgan fingerprint density at radius 1 is 1.00 bits per heavy atom. The third-order valence-electron chi connectivity index (χ3n) is 5.36. The molecule has 5 rings (SSSR count). The van der Waals surface area contributed by atoms with Crippen molar-refractivity contribution in [3.05, 3.63) is 75.4 Å². The first-order chi connectivity index (χ1) is 13.6. The largest absolute Gasteiger partial charge is 0.294 e. The van der Waals surface area contributed by atoms with Gasteiger partial charge in [-0.05, 0) is 42.7 Å². The average molecular weight is 411 g/mol. The van der Waals surface area contributed by atoms with E-state index in [2.05, 4.69) is 20.9 Å². The minimum absolute atomic E-state index is 0.613. The standard InChI is InChI=1S/C22H20Cl2N4/c23-18-7-16(8-19(24)9-18)20-4-1-14(10-25-20)12-28-6-5-21-17(13-28)11-26-22(27-21)15-2-3-15/h1,4,7-11,15H,2-3,5-6,12-13H2. The van der Waals surface area contributed by atoms with Gasteiger partial charge in [-0.1, -0.05) is 29.3 Å². The second-order valence-electron chi connectivity index (χ2n) is 7.64. The summed E-state index contributed by atoms with van der Waals surface area (Å²) in [4.78, 5) is 16.4. The molecule has 142 valence electrons. The van der Waals surface area contributed by atoms with Crippen molar-refractivity contribution in [1.82, 2.24) is 19.9 Å². The summed E-state index contributed by atoms with van der Waals surface area (Å²) in [5, 5.41) is 1.24. The lowest BCUT2D eigenvalue weighted by atomic mass is 10.1. The highest BCUT2D eigenvalue weighted by Gasteiger charge is 2.28. The molecule has 0 unspecified atom stereocenters. The van der Waals surface area contributed by atoms with Crippen molar-refractivity contribution in [2.45, 2.75) is 38.3 Å². The molecule has 1 fully saturated rings. The number of hydrogen-bond acceptors (Lipinski definition) is 4. The molecule has 6 heteroatoms. The molecule has 0 N–H and O–H groups in total. The van der Waals surface area contributed by atoms with Gasteiger partial charge in [-0.2, -0.15) is 0 Å². The lowest BCUT2D eigenvalue weighted by molar-refractivity contribution is 0.242. The van der Waals surface area contributed by atoms with E-state index in [1.54, 1.807) is 6.07 Å². The third-order valence-corrected chi connectivity index (χ3v) is 5.80. The summed E-state index contributed by atoms with van der Waals surface area (Å²) in [6.07, 6.45) is 7.45. The van der Waals surface area contributed by atoms with Gasteiger partial charge in [0.2, 0.25) is 0 Å². The summed E-state index contributed by atoms with van der Waals surface area (Å²) in [5.74, 6) is 1.66. The van der Waals surface area contributed by atoms with Gasteiger partial charge in [0.25, 0.3) is 0 Å². The van der Waals surface area contributed by atoms with Gasteiger partial charge in [-0.15, -0.1) is 0 Å².